The summed E-state index contributed by atoms with van der Waals surface area (Å²) in [7, 11) is 0. The Bertz CT molecular complexity index is 425. The summed E-state index contributed by atoms with van der Waals surface area (Å²) in [5.74, 6) is -1.00. The number of hydrogen-bond acceptors (Lipinski definition) is 3. The average molecular weight is 224 g/mol. The number of rotatable bonds is 0. The number of aromatic hydroxyl groups is 1. The first-order valence-corrected chi connectivity index (χ1v) is 5.47. The fraction of sp³-hybridized carbons (Fsp3) is 0.500. The Kier molecular flexibility index (Phi) is 2.16. The molecule has 1 heterocycles. The summed E-state index contributed by atoms with van der Waals surface area (Å²) in [5.41, 5.74) is 1.48. The number of hydrogen-bond donors (Lipinski definition) is 1. The average Bonchev–Trinajstić information content (AvgIpc) is 2.68. The minimum absolute atomic E-state index is 0.0135. The first-order chi connectivity index (χ1) is 7.69. The summed E-state index contributed by atoms with van der Waals surface area (Å²) in [4.78, 5) is 0. The maximum atomic E-state index is 13.7. The molecule has 0 aromatic heterocycles. The van der Waals surface area contributed by atoms with Crippen molar-refractivity contribution in [1.29, 1.82) is 0 Å². The highest BCUT2D eigenvalue weighted by atomic mass is 19.1. The first-order valence-electron chi connectivity index (χ1n) is 5.47. The topological polar surface area (TPSA) is 38.7 Å². The van der Waals surface area contributed by atoms with Crippen molar-refractivity contribution < 1.29 is 19.0 Å². The van der Waals surface area contributed by atoms with Gasteiger partial charge in [-0.1, -0.05) is 0 Å². The van der Waals surface area contributed by atoms with Crippen LogP contribution >= 0.6 is 0 Å². The third-order valence-corrected chi connectivity index (χ3v) is 3.31. The van der Waals surface area contributed by atoms with Crippen LogP contribution in [0.1, 0.15) is 17.5 Å². The monoisotopic (exact) mass is 224 g/mol. The summed E-state index contributed by atoms with van der Waals surface area (Å²) >= 11 is 0. The Morgan fingerprint density at radius 1 is 1.25 bits per heavy atom. The smallest absolute Gasteiger partial charge is 0.172 e. The second-order valence-corrected chi connectivity index (χ2v) is 4.35. The molecule has 86 valence electrons. The zero-order valence-electron chi connectivity index (χ0n) is 8.83. The van der Waals surface area contributed by atoms with Gasteiger partial charge in [-0.3, -0.25) is 0 Å². The lowest BCUT2D eigenvalue weighted by molar-refractivity contribution is -0.164. The van der Waals surface area contributed by atoms with Crippen molar-refractivity contribution in [2.45, 2.75) is 25.0 Å². The Morgan fingerprint density at radius 3 is 2.75 bits per heavy atom. The molecular formula is C12H13FO3. The summed E-state index contributed by atoms with van der Waals surface area (Å²) in [6, 6.07) is 2.77. The molecule has 0 amide bonds. The fourth-order valence-electron chi connectivity index (χ4n) is 2.52. The van der Waals surface area contributed by atoms with Crippen LogP contribution in [0.5, 0.6) is 5.75 Å². The molecule has 1 N–H and O–H groups in total. The number of phenolic OH excluding ortho intramolecular Hbond substituents is 1. The first kappa shape index (κ1) is 10.1. The molecule has 1 aliphatic heterocycles. The molecule has 0 bridgehead atoms. The maximum absolute atomic E-state index is 13.7. The van der Waals surface area contributed by atoms with Gasteiger partial charge >= 0.3 is 0 Å². The quantitative estimate of drug-likeness (QED) is 0.729. The Morgan fingerprint density at radius 2 is 2.00 bits per heavy atom. The molecule has 1 aromatic carbocycles. The van der Waals surface area contributed by atoms with Crippen LogP contribution in [-0.4, -0.2) is 24.1 Å². The highest BCUT2D eigenvalue weighted by Crippen LogP contribution is 2.37. The number of aryl methyl sites for hydroxylation is 1. The molecule has 0 unspecified atom stereocenters. The molecule has 16 heavy (non-hydrogen) atoms. The summed E-state index contributed by atoms with van der Waals surface area (Å²) < 4.78 is 24.8. The van der Waals surface area contributed by atoms with Crippen molar-refractivity contribution in [2.75, 3.05) is 13.2 Å². The lowest BCUT2D eigenvalue weighted by Crippen LogP contribution is -2.37. The van der Waals surface area contributed by atoms with Gasteiger partial charge in [-0.25, -0.2) is 4.39 Å². The molecule has 0 atom stereocenters. The molecule has 4 heteroatoms. The molecule has 3 rings (SSSR count). The van der Waals surface area contributed by atoms with Gasteiger partial charge in [-0.05, 0) is 23.6 Å². The Hall–Kier alpha value is -1.13. The van der Waals surface area contributed by atoms with Gasteiger partial charge in [0.2, 0.25) is 0 Å². The van der Waals surface area contributed by atoms with Gasteiger partial charge in [0.1, 0.15) is 11.6 Å². The molecule has 3 nitrogen and oxygen atoms in total. The van der Waals surface area contributed by atoms with Crippen LogP contribution in [0.4, 0.5) is 4.39 Å². The van der Waals surface area contributed by atoms with E-state index in [1.165, 1.54) is 0 Å². The van der Waals surface area contributed by atoms with E-state index in [4.69, 9.17) is 9.47 Å². The van der Waals surface area contributed by atoms with Gasteiger partial charge in [0, 0.05) is 18.9 Å². The minimum atomic E-state index is -0.620. The van der Waals surface area contributed by atoms with Crippen molar-refractivity contribution in [3.05, 3.63) is 29.1 Å². The van der Waals surface area contributed by atoms with Gasteiger partial charge in [0.15, 0.2) is 5.79 Å². The van der Waals surface area contributed by atoms with E-state index in [0.717, 1.165) is 18.1 Å². The van der Waals surface area contributed by atoms with Crippen LogP contribution in [0.25, 0.3) is 0 Å². The van der Waals surface area contributed by atoms with E-state index in [1.807, 2.05) is 0 Å². The molecule has 1 aromatic rings. The summed E-state index contributed by atoms with van der Waals surface area (Å²) in [5, 5.41) is 9.32. The van der Waals surface area contributed by atoms with Crippen LogP contribution in [0.2, 0.25) is 0 Å². The molecule has 2 aliphatic rings. The second kappa shape index (κ2) is 3.43. The molecule has 1 fully saturated rings. The largest absolute Gasteiger partial charge is 0.508 e. The zero-order chi connectivity index (χ0) is 11.2. The van der Waals surface area contributed by atoms with E-state index in [2.05, 4.69) is 0 Å². The van der Waals surface area contributed by atoms with Gasteiger partial charge in [0.05, 0.1) is 13.2 Å². The van der Waals surface area contributed by atoms with Crippen molar-refractivity contribution in [2.24, 2.45) is 0 Å². The van der Waals surface area contributed by atoms with Gasteiger partial charge < -0.3 is 14.6 Å². The second-order valence-electron chi connectivity index (χ2n) is 4.35. The Balaban J connectivity index is 1.99. The van der Waals surface area contributed by atoms with Crippen molar-refractivity contribution >= 4 is 0 Å². The molecule has 1 aliphatic carbocycles. The predicted octanol–water partition coefficient (Wildman–Crippen LogP) is 1.76. The lowest BCUT2D eigenvalue weighted by atomic mass is 9.87. The van der Waals surface area contributed by atoms with Crippen LogP contribution in [0, 0.1) is 5.82 Å². The van der Waals surface area contributed by atoms with E-state index >= 15 is 0 Å². The highest BCUT2D eigenvalue weighted by molar-refractivity contribution is 5.38. The number of benzene rings is 1. The van der Waals surface area contributed by atoms with E-state index in [9.17, 15) is 9.50 Å². The minimum Gasteiger partial charge on any atom is -0.508 e. The molecule has 0 saturated carbocycles. The van der Waals surface area contributed by atoms with Crippen LogP contribution in [-0.2, 0) is 22.3 Å². The van der Waals surface area contributed by atoms with Crippen LogP contribution in [0.3, 0.4) is 0 Å². The maximum Gasteiger partial charge on any atom is 0.172 e. The van der Waals surface area contributed by atoms with Gasteiger partial charge in [-0.15, -0.1) is 0 Å². The van der Waals surface area contributed by atoms with Crippen molar-refractivity contribution in [3.8, 4) is 5.75 Å². The third kappa shape index (κ3) is 1.49. The van der Waals surface area contributed by atoms with E-state index in [-0.39, 0.29) is 11.6 Å². The summed E-state index contributed by atoms with van der Waals surface area (Å²) in [6.07, 6.45) is 1.85. The molecule has 0 radical (unpaired) electrons. The normalized spacial score (nSPS) is 22.3. The van der Waals surface area contributed by atoms with Gasteiger partial charge in [-0.2, -0.15) is 0 Å². The highest BCUT2D eigenvalue weighted by Gasteiger charge is 2.40. The number of phenols is 1. The van der Waals surface area contributed by atoms with Crippen molar-refractivity contribution in [3.63, 3.8) is 0 Å². The van der Waals surface area contributed by atoms with E-state index < -0.39 is 5.79 Å². The number of ether oxygens (including phenoxy) is 2. The fourth-order valence-corrected chi connectivity index (χ4v) is 2.52. The SMILES string of the molecule is Oc1cc(F)c2c(c1)CCC1(C2)OCCO1. The zero-order valence-corrected chi connectivity index (χ0v) is 8.83. The lowest BCUT2D eigenvalue weighted by Gasteiger charge is -2.32. The number of fused-ring (bicyclic) bond motifs is 1. The van der Waals surface area contributed by atoms with E-state index in [0.29, 0.717) is 31.6 Å². The predicted molar refractivity (Wildman–Crippen MR) is 54.7 cm³/mol. The van der Waals surface area contributed by atoms with Crippen LogP contribution in [0.15, 0.2) is 12.1 Å². The van der Waals surface area contributed by atoms with Crippen LogP contribution < -0.4 is 0 Å². The standard InChI is InChI=1S/C12H13FO3/c13-11-6-9(14)5-8-1-2-12(7-10(8)11)15-3-4-16-12/h5-6,14H,1-4,7H2. The van der Waals surface area contributed by atoms with Crippen molar-refractivity contribution in [1.82, 2.24) is 0 Å². The summed E-state index contributed by atoms with van der Waals surface area (Å²) in [6.45, 7) is 1.16. The van der Waals surface area contributed by atoms with Gasteiger partial charge in [0.25, 0.3) is 0 Å². The molecule has 1 saturated heterocycles. The molecular weight excluding hydrogens is 211 g/mol. The third-order valence-electron chi connectivity index (χ3n) is 3.31. The molecule has 1 spiro atoms. The number of halogens is 1. The Labute approximate surface area is 92.8 Å². The van der Waals surface area contributed by atoms with E-state index in [1.54, 1.807) is 6.07 Å².